The van der Waals surface area contributed by atoms with Gasteiger partial charge in [0.05, 0.1) is 0 Å². The van der Waals surface area contributed by atoms with Gasteiger partial charge in [-0.15, -0.1) is 0 Å². The van der Waals surface area contributed by atoms with Crippen LogP contribution in [0.1, 0.15) is 105 Å². The van der Waals surface area contributed by atoms with Crippen molar-refractivity contribution in [2.45, 2.75) is 114 Å². The van der Waals surface area contributed by atoms with Gasteiger partial charge in [-0.2, -0.15) is 0 Å². The molecule has 0 amide bonds. The summed E-state index contributed by atoms with van der Waals surface area (Å²) >= 11 is 0.0736. The Balaban J connectivity index is -0.000000503. The fourth-order valence-corrected chi connectivity index (χ4v) is 5.75. The molecule has 0 heterocycles. The van der Waals surface area contributed by atoms with Crippen LogP contribution in [0.25, 0.3) is 0 Å². The van der Waals surface area contributed by atoms with Crippen molar-refractivity contribution < 1.29 is 19.8 Å². The number of unbranched alkanes of at least 4 members (excludes halogenated alkanes) is 10. The van der Waals surface area contributed by atoms with E-state index in [2.05, 4.69) is 13.8 Å². The Morgan fingerprint density at radius 2 is 0.840 bits per heavy atom. The number of hydrogen-bond acceptors (Lipinski definition) is 4. The molecule has 25 heavy (non-hydrogen) atoms. The third kappa shape index (κ3) is 59.4. The number of hydrogen-bond donors (Lipinski definition) is 0. The molecule has 0 spiro atoms. The molecule has 0 fully saturated rings. The standard InChI is InChI=1S/2C8H17.2C2H4O2.Sn/c2*1-3-5-7-8-6-4-2;2*1-2(3)4;/h2*1,3-8H2,2H3;2*1H3,(H,3,4);/q;;;;+2/p-2. The molecule has 0 aromatic rings. The van der Waals surface area contributed by atoms with Crippen molar-refractivity contribution in [3.8, 4) is 0 Å². The van der Waals surface area contributed by atoms with Crippen molar-refractivity contribution in [1.82, 2.24) is 0 Å². The molecule has 0 rings (SSSR count). The van der Waals surface area contributed by atoms with E-state index in [1.54, 1.807) is 21.7 Å². The van der Waals surface area contributed by atoms with E-state index < -0.39 is 11.9 Å². The zero-order valence-corrected chi connectivity index (χ0v) is 19.9. The molecule has 0 unspecified atom stereocenters. The van der Waals surface area contributed by atoms with Crippen LogP contribution in [-0.2, 0) is 9.59 Å². The van der Waals surface area contributed by atoms with Gasteiger partial charge in [0.2, 0.25) is 0 Å². The third-order valence-corrected chi connectivity index (χ3v) is 7.45. The average Bonchev–Trinajstić information content (AvgIpc) is 2.51. The maximum atomic E-state index is 8.89. The molecule has 0 aliphatic heterocycles. The van der Waals surface area contributed by atoms with Crippen molar-refractivity contribution in [2.75, 3.05) is 0 Å². The van der Waals surface area contributed by atoms with Crippen LogP contribution in [-0.4, -0.2) is 33.1 Å². The van der Waals surface area contributed by atoms with Crippen LogP contribution >= 0.6 is 0 Å². The Morgan fingerprint density at radius 3 is 1.12 bits per heavy atom. The van der Waals surface area contributed by atoms with Crippen LogP contribution < -0.4 is 10.2 Å². The van der Waals surface area contributed by atoms with Gasteiger partial charge in [-0.05, 0) is 13.8 Å². The molecular formula is C20H40O4Sn. The molecule has 0 saturated carbocycles. The van der Waals surface area contributed by atoms with Crippen molar-refractivity contribution >= 4 is 33.1 Å². The van der Waals surface area contributed by atoms with Gasteiger partial charge in [0.25, 0.3) is 0 Å². The van der Waals surface area contributed by atoms with Gasteiger partial charge in [-0.3, -0.25) is 0 Å². The van der Waals surface area contributed by atoms with E-state index in [-0.39, 0.29) is 21.1 Å². The zero-order valence-electron chi connectivity index (χ0n) is 17.0. The van der Waals surface area contributed by atoms with Gasteiger partial charge in [0.1, 0.15) is 0 Å². The average molecular weight is 463 g/mol. The molecule has 4 nitrogen and oxygen atoms in total. The molecule has 0 bridgehead atoms. The van der Waals surface area contributed by atoms with Crippen LogP contribution in [0.4, 0.5) is 0 Å². The number of aliphatic carboxylic acids is 2. The van der Waals surface area contributed by atoms with Crippen molar-refractivity contribution in [3.05, 3.63) is 0 Å². The molecule has 0 radical (unpaired) electrons. The first-order valence-corrected chi connectivity index (χ1v) is 14.0. The summed E-state index contributed by atoms with van der Waals surface area (Å²) in [5, 5.41) is 17.8. The molecule has 148 valence electrons. The molecule has 0 aliphatic rings. The first kappa shape index (κ1) is 29.5. The van der Waals surface area contributed by atoms with E-state index in [1.165, 1.54) is 64.2 Å². The van der Waals surface area contributed by atoms with E-state index >= 15 is 0 Å². The molecule has 0 atom stereocenters. The fourth-order valence-electron chi connectivity index (χ4n) is 2.19. The second-order valence-electron chi connectivity index (χ2n) is 6.27. The zero-order chi connectivity index (χ0) is 19.8. The van der Waals surface area contributed by atoms with Crippen LogP contribution in [0.2, 0.25) is 8.87 Å². The molecule has 5 heteroatoms. The quantitative estimate of drug-likeness (QED) is 0.290. The van der Waals surface area contributed by atoms with Crippen molar-refractivity contribution in [2.24, 2.45) is 0 Å². The van der Waals surface area contributed by atoms with Gasteiger partial charge in [0, 0.05) is 11.9 Å². The summed E-state index contributed by atoms with van der Waals surface area (Å²) in [4.78, 5) is 17.8. The van der Waals surface area contributed by atoms with Gasteiger partial charge in [-0.1, -0.05) is 0 Å². The Kier molecular flexibility index (Phi) is 33.7. The molecule has 0 N–H and O–H groups in total. The Hall–Kier alpha value is -0.261. The van der Waals surface area contributed by atoms with E-state index in [9.17, 15) is 0 Å². The first-order valence-electron chi connectivity index (χ1n) is 9.94. The predicted octanol–water partition coefficient (Wildman–Crippen LogP) is 3.76. The Bertz CT molecular complexity index is 236. The summed E-state index contributed by atoms with van der Waals surface area (Å²) < 4.78 is 3.31. The summed E-state index contributed by atoms with van der Waals surface area (Å²) in [6.45, 7) is 6.55. The van der Waals surface area contributed by atoms with Gasteiger partial charge < -0.3 is 19.8 Å². The Morgan fingerprint density at radius 1 is 0.600 bits per heavy atom. The second-order valence-corrected chi connectivity index (χ2v) is 10.5. The van der Waals surface area contributed by atoms with E-state index in [0.29, 0.717) is 0 Å². The monoisotopic (exact) mass is 464 g/mol. The number of carboxylic acid groups (broad SMARTS) is 2. The van der Waals surface area contributed by atoms with Crippen LogP contribution in [0, 0.1) is 0 Å². The van der Waals surface area contributed by atoms with Gasteiger partial charge in [-0.25, -0.2) is 0 Å². The number of carbonyl (C=O) groups is 2. The summed E-state index contributed by atoms with van der Waals surface area (Å²) in [6.07, 6.45) is 17.8. The van der Waals surface area contributed by atoms with Crippen LogP contribution in [0.3, 0.4) is 0 Å². The van der Waals surface area contributed by atoms with Gasteiger partial charge in [0.15, 0.2) is 0 Å². The molecule has 0 aromatic carbocycles. The maximum absolute atomic E-state index is 8.89. The van der Waals surface area contributed by atoms with E-state index in [4.69, 9.17) is 19.8 Å². The SMILES string of the molecule is CC(=O)[O-].CC(=O)[O-].CCCCCCC[CH2][Sn+2][CH2]CCCCCCC. The second kappa shape index (κ2) is 28.5. The first-order chi connectivity index (χ1) is 11.9. The summed E-state index contributed by atoms with van der Waals surface area (Å²) in [7, 11) is 0. The summed E-state index contributed by atoms with van der Waals surface area (Å²) in [6, 6.07) is 0. The van der Waals surface area contributed by atoms with E-state index in [0.717, 1.165) is 13.8 Å². The summed E-state index contributed by atoms with van der Waals surface area (Å²) in [5.41, 5.74) is 0. The molecular weight excluding hydrogens is 423 g/mol. The number of carbonyl (C=O) groups excluding carboxylic acids is 2. The molecule has 0 aromatic heterocycles. The van der Waals surface area contributed by atoms with Crippen molar-refractivity contribution in [3.63, 3.8) is 0 Å². The number of rotatable bonds is 14. The minimum absolute atomic E-state index is 0.0736. The van der Waals surface area contributed by atoms with Crippen LogP contribution in [0.5, 0.6) is 0 Å². The third-order valence-electron chi connectivity index (χ3n) is 3.41. The fraction of sp³-hybridized carbons (Fsp3) is 0.900. The predicted molar refractivity (Wildman–Crippen MR) is 103 cm³/mol. The topological polar surface area (TPSA) is 80.3 Å². The summed E-state index contributed by atoms with van der Waals surface area (Å²) in [5.74, 6) is -2.17. The van der Waals surface area contributed by atoms with Gasteiger partial charge >= 0.3 is 121 Å². The minimum atomic E-state index is -1.08. The number of carboxylic acids is 2. The molecule has 0 aliphatic carbocycles. The van der Waals surface area contributed by atoms with Crippen molar-refractivity contribution in [1.29, 1.82) is 0 Å². The van der Waals surface area contributed by atoms with E-state index in [1.807, 2.05) is 0 Å². The Labute approximate surface area is 166 Å². The molecule has 0 saturated heterocycles. The normalized spacial score (nSPS) is 9.12. The van der Waals surface area contributed by atoms with Crippen LogP contribution in [0.15, 0.2) is 0 Å².